The summed E-state index contributed by atoms with van der Waals surface area (Å²) in [6.07, 6.45) is 1.90. The first-order valence-corrected chi connectivity index (χ1v) is 10.1. The van der Waals surface area contributed by atoms with E-state index < -0.39 is 0 Å². The van der Waals surface area contributed by atoms with Gasteiger partial charge < -0.3 is 14.6 Å². The van der Waals surface area contributed by atoms with Gasteiger partial charge in [0.05, 0.1) is 6.54 Å². The minimum Gasteiger partial charge on any atom is -0.475 e. The number of benzene rings is 2. The van der Waals surface area contributed by atoms with Gasteiger partial charge in [0, 0.05) is 23.3 Å². The molecule has 0 aliphatic rings. The highest BCUT2D eigenvalue weighted by atomic mass is 19.1. The SMILES string of the molecule is O=C(Cn1ccc2ccccc21)NCCOc1ccc2nnc(-c3ccc(F)cc3)n2n1. The number of halogens is 1. The fourth-order valence-electron chi connectivity index (χ4n) is 3.46. The zero-order valence-corrected chi connectivity index (χ0v) is 17.0. The van der Waals surface area contributed by atoms with Gasteiger partial charge in [-0.05, 0) is 47.9 Å². The number of fused-ring (bicyclic) bond motifs is 2. The highest BCUT2D eigenvalue weighted by Gasteiger charge is 2.11. The molecule has 8 nitrogen and oxygen atoms in total. The van der Waals surface area contributed by atoms with E-state index in [1.54, 1.807) is 24.3 Å². The Morgan fingerprint density at radius 1 is 1.00 bits per heavy atom. The second-order valence-electron chi connectivity index (χ2n) is 7.17. The first-order valence-electron chi connectivity index (χ1n) is 10.1. The Bertz CT molecular complexity index is 1390. The third kappa shape index (κ3) is 4.00. The molecule has 5 rings (SSSR count). The Kier molecular flexibility index (Phi) is 5.20. The van der Waals surface area contributed by atoms with E-state index in [1.807, 2.05) is 41.1 Å². The van der Waals surface area contributed by atoms with Gasteiger partial charge in [-0.25, -0.2) is 4.39 Å². The molecule has 3 heterocycles. The fraction of sp³-hybridized carbons (Fsp3) is 0.130. The number of carbonyl (C=O) groups is 1. The molecule has 0 atom stereocenters. The van der Waals surface area contributed by atoms with Crippen LogP contribution in [0.15, 0.2) is 72.9 Å². The van der Waals surface area contributed by atoms with E-state index in [0.717, 1.165) is 10.9 Å². The molecule has 9 heteroatoms. The van der Waals surface area contributed by atoms with Gasteiger partial charge in [-0.3, -0.25) is 4.79 Å². The highest BCUT2D eigenvalue weighted by molar-refractivity contribution is 5.83. The molecule has 2 aromatic carbocycles. The van der Waals surface area contributed by atoms with Crippen molar-refractivity contribution in [3.63, 3.8) is 0 Å². The van der Waals surface area contributed by atoms with Crippen molar-refractivity contribution < 1.29 is 13.9 Å². The quantitative estimate of drug-likeness (QED) is 0.401. The number of carbonyl (C=O) groups excluding carboxylic acids is 1. The van der Waals surface area contributed by atoms with Crippen molar-refractivity contribution >= 4 is 22.5 Å². The number of hydrogen-bond donors (Lipinski definition) is 1. The highest BCUT2D eigenvalue weighted by Crippen LogP contribution is 2.19. The predicted molar refractivity (Wildman–Crippen MR) is 117 cm³/mol. The first-order chi connectivity index (χ1) is 15.7. The zero-order valence-electron chi connectivity index (χ0n) is 17.0. The third-order valence-electron chi connectivity index (χ3n) is 5.01. The van der Waals surface area contributed by atoms with Gasteiger partial charge >= 0.3 is 0 Å². The maximum atomic E-state index is 13.2. The minimum atomic E-state index is -0.327. The van der Waals surface area contributed by atoms with Crippen molar-refractivity contribution in [3.8, 4) is 17.3 Å². The lowest BCUT2D eigenvalue weighted by atomic mass is 10.2. The maximum absolute atomic E-state index is 13.2. The van der Waals surface area contributed by atoms with Crippen molar-refractivity contribution in [1.29, 1.82) is 0 Å². The van der Waals surface area contributed by atoms with Crippen LogP contribution in [0.3, 0.4) is 0 Å². The van der Waals surface area contributed by atoms with Gasteiger partial charge in [0.2, 0.25) is 11.8 Å². The number of ether oxygens (including phenoxy) is 1. The molecule has 1 amide bonds. The number of aromatic nitrogens is 5. The number of nitrogens with zero attached hydrogens (tertiary/aromatic N) is 5. The summed E-state index contributed by atoms with van der Waals surface area (Å²) in [5.41, 5.74) is 2.25. The molecule has 160 valence electrons. The van der Waals surface area contributed by atoms with Crippen LogP contribution in [0.5, 0.6) is 5.88 Å². The molecule has 3 aromatic heterocycles. The minimum absolute atomic E-state index is 0.101. The molecule has 0 radical (unpaired) electrons. The molecule has 0 saturated heterocycles. The summed E-state index contributed by atoms with van der Waals surface area (Å²) >= 11 is 0. The van der Waals surface area contributed by atoms with Crippen LogP contribution in [0.4, 0.5) is 4.39 Å². The second-order valence-corrected chi connectivity index (χ2v) is 7.17. The van der Waals surface area contributed by atoms with E-state index >= 15 is 0 Å². The average Bonchev–Trinajstić information content (AvgIpc) is 3.41. The van der Waals surface area contributed by atoms with Crippen LogP contribution in [-0.4, -0.2) is 43.4 Å². The molecular formula is C23H19FN6O2. The number of para-hydroxylation sites is 1. The zero-order chi connectivity index (χ0) is 21.9. The van der Waals surface area contributed by atoms with E-state index in [4.69, 9.17) is 4.74 Å². The largest absolute Gasteiger partial charge is 0.475 e. The van der Waals surface area contributed by atoms with Crippen molar-refractivity contribution in [2.45, 2.75) is 6.54 Å². The molecule has 0 aliphatic carbocycles. The molecular weight excluding hydrogens is 411 g/mol. The first kappa shape index (κ1) is 19.7. The van der Waals surface area contributed by atoms with E-state index in [9.17, 15) is 9.18 Å². The van der Waals surface area contributed by atoms with Crippen LogP contribution >= 0.6 is 0 Å². The Hall–Kier alpha value is -4.27. The van der Waals surface area contributed by atoms with Crippen LogP contribution in [0, 0.1) is 5.82 Å². The van der Waals surface area contributed by atoms with Gasteiger partial charge in [0.25, 0.3) is 0 Å². The van der Waals surface area contributed by atoms with Crippen molar-refractivity contribution in [1.82, 2.24) is 29.7 Å². The molecule has 0 bridgehead atoms. The normalized spacial score (nSPS) is 11.2. The lowest BCUT2D eigenvalue weighted by Gasteiger charge is -2.09. The van der Waals surface area contributed by atoms with Crippen LogP contribution in [0.2, 0.25) is 0 Å². The molecule has 1 N–H and O–H groups in total. The summed E-state index contributed by atoms with van der Waals surface area (Å²) in [5, 5.41) is 16.6. The number of rotatable bonds is 7. The summed E-state index contributed by atoms with van der Waals surface area (Å²) in [6.45, 7) is 0.828. The molecule has 5 aromatic rings. The third-order valence-corrected chi connectivity index (χ3v) is 5.01. The second kappa shape index (κ2) is 8.46. The number of amides is 1. The maximum Gasteiger partial charge on any atom is 0.240 e. The van der Waals surface area contributed by atoms with Gasteiger partial charge in [-0.15, -0.1) is 15.3 Å². The topological polar surface area (TPSA) is 86.3 Å². The van der Waals surface area contributed by atoms with Crippen LogP contribution in [0.1, 0.15) is 0 Å². The Balaban J connectivity index is 1.19. The number of nitrogens with one attached hydrogen (secondary N) is 1. The van der Waals surface area contributed by atoms with Crippen molar-refractivity contribution in [2.75, 3.05) is 13.2 Å². The molecule has 0 spiro atoms. The van der Waals surface area contributed by atoms with E-state index in [2.05, 4.69) is 20.6 Å². The summed E-state index contributed by atoms with van der Waals surface area (Å²) in [5.74, 6) is 0.423. The van der Waals surface area contributed by atoms with Gasteiger partial charge in [0.1, 0.15) is 19.0 Å². The summed E-state index contributed by atoms with van der Waals surface area (Å²) in [7, 11) is 0. The Morgan fingerprint density at radius 3 is 2.72 bits per heavy atom. The molecule has 0 saturated carbocycles. The predicted octanol–water partition coefficient (Wildman–Crippen LogP) is 3.08. The monoisotopic (exact) mass is 430 g/mol. The van der Waals surface area contributed by atoms with Crippen molar-refractivity contribution in [2.24, 2.45) is 0 Å². The van der Waals surface area contributed by atoms with E-state index in [-0.39, 0.29) is 24.9 Å². The molecule has 0 unspecified atom stereocenters. The van der Waals surface area contributed by atoms with Crippen LogP contribution < -0.4 is 10.1 Å². The summed E-state index contributed by atoms with van der Waals surface area (Å²) in [4.78, 5) is 12.3. The molecule has 32 heavy (non-hydrogen) atoms. The van der Waals surface area contributed by atoms with Gasteiger partial charge in [-0.1, -0.05) is 18.2 Å². The summed E-state index contributed by atoms with van der Waals surface area (Å²) in [6, 6.07) is 19.3. The number of hydrogen-bond acceptors (Lipinski definition) is 5. The van der Waals surface area contributed by atoms with Gasteiger partial charge in [-0.2, -0.15) is 4.52 Å². The Labute approximate surface area is 182 Å². The lowest BCUT2D eigenvalue weighted by Crippen LogP contribution is -2.31. The fourth-order valence-corrected chi connectivity index (χ4v) is 3.46. The van der Waals surface area contributed by atoms with E-state index in [1.165, 1.54) is 16.6 Å². The van der Waals surface area contributed by atoms with Crippen LogP contribution in [-0.2, 0) is 11.3 Å². The van der Waals surface area contributed by atoms with Gasteiger partial charge in [0.15, 0.2) is 11.5 Å². The smallest absolute Gasteiger partial charge is 0.240 e. The van der Waals surface area contributed by atoms with E-state index in [0.29, 0.717) is 29.5 Å². The Morgan fingerprint density at radius 2 is 1.84 bits per heavy atom. The molecule has 0 fully saturated rings. The average molecular weight is 430 g/mol. The van der Waals surface area contributed by atoms with Crippen molar-refractivity contribution in [3.05, 3.63) is 78.7 Å². The molecule has 0 aliphatic heterocycles. The van der Waals surface area contributed by atoms with Crippen LogP contribution in [0.25, 0.3) is 27.9 Å². The summed E-state index contributed by atoms with van der Waals surface area (Å²) < 4.78 is 22.3. The lowest BCUT2D eigenvalue weighted by molar-refractivity contribution is -0.121. The standard InChI is InChI=1S/C23H19FN6O2/c24-18-7-5-17(6-8-18)23-27-26-20-9-10-22(28-30(20)23)32-14-12-25-21(31)15-29-13-11-16-3-1-2-4-19(16)29/h1-11,13H,12,14-15H2,(H,25,31).